The lowest BCUT2D eigenvalue weighted by Gasteiger charge is -2.32. The van der Waals surface area contributed by atoms with E-state index in [2.05, 4.69) is 10.6 Å². The molecule has 2 aromatic rings. The minimum absolute atomic E-state index is 0.100. The number of esters is 1. The number of anilines is 1. The molecule has 2 N–H and O–H groups in total. The smallest absolute Gasteiger partial charge is 0.338 e. The molecule has 0 aromatic heterocycles. The summed E-state index contributed by atoms with van der Waals surface area (Å²) in [6.45, 7) is -0.681. The van der Waals surface area contributed by atoms with Crippen LogP contribution in [0.15, 0.2) is 53.7 Å². The first kappa shape index (κ1) is 19.8. The molecule has 2 aliphatic heterocycles. The summed E-state index contributed by atoms with van der Waals surface area (Å²) in [6, 6.07) is 7.81. The van der Waals surface area contributed by atoms with Gasteiger partial charge >= 0.3 is 12.0 Å². The monoisotopic (exact) mass is 433 g/mol. The number of rotatable bonds is 4. The molecule has 2 aromatic carbocycles. The number of carbonyl (C=O) groups is 3. The first-order valence-corrected chi connectivity index (χ1v) is 9.20. The molecule has 2 heterocycles. The Hall–Kier alpha value is -3.46. The van der Waals surface area contributed by atoms with E-state index in [1.165, 1.54) is 0 Å². The van der Waals surface area contributed by atoms with E-state index in [0.717, 1.165) is 17.0 Å². The van der Waals surface area contributed by atoms with Crippen molar-refractivity contribution in [3.05, 3.63) is 76.0 Å². The molecule has 0 saturated carbocycles. The molecule has 154 valence electrons. The van der Waals surface area contributed by atoms with Gasteiger partial charge in [0.05, 0.1) is 17.3 Å². The van der Waals surface area contributed by atoms with Crippen molar-refractivity contribution >= 4 is 35.2 Å². The molecule has 7 nitrogen and oxygen atoms in total. The molecule has 0 aliphatic carbocycles. The number of benzene rings is 2. The summed E-state index contributed by atoms with van der Waals surface area (Å²) in [4.78, 5) is 38.5. The van der Waals surface area contributed by atoms with Gasteiger partial charge in [0.15, 0.2) is 0 Å². The second-order valence-electron chi connectivity index (χ2n) is 6.63. The SMILES string of the molecule is O=C(CN1C(=O)N[C@H](c2ccccc2Cl)C2=C1COC2=O)Nc1cc(F)cc(F)c1. The quantitative estimate of drug-likeness (QED) is 0.725. The molecule has 0 unspecified atom stereocenters. The van der Waals surface area contributed by atoms with E-state index >= 15 is 0 Å². The van der Waals surface area contributed by atoms with Crippen LogP contribution in [-0.2, 0) is 14.3 Å². The molecule has 2 aliphatic rings. The Morgan fingerprint density at radius 1 is 1.20 bits per heavy atom. The van der Waals surface area contributed by atoms with E-state index in [4.69, 9.17) is 16.3 Å². The number of nitrogens with zero attached hydrogens (tertiary/aromatic N) is 1. The van der Waals surface area contributed by atoms with Crippen molar-refractivity contribution in [2.45, 2.75) is 6.04 Å². The zero-order valence-corrected chi connectivity index (χ0v) is 16.0. The lowest BCUT2D eigenvalue weighted by Crippen LogP contribution is -2.49. The van der Waals surface area contributed by atoms with Gasteiger partial charge in [0.25, 0.3) is 0 Å². The standard InChI is InChI=1S/C20H14ClF2N3O4/c21-14-4-2-1-3-13(14)18-17-15(9-30-19(17)28)26(20(29)25-18)8-16(27)24-12-6-10(22)5-11(23)7-12/h1-7,18H,8-9H2,(H,24,27)(H,25,29)/t18-/m1/s1. The van der Waals surface area contributed by atoms with Crippen molar-refractivity contribution in [2.24, 2.45) is 0 Å². The number of hydrogen-bond acceptors (Lipinski definition) is 4. The van der Waals surface area contributed by atoms with Crippen molar-refractivity contribution < 1.29 is 27.9 Å². The van der Waals surface area contributed by atoms with Gasteiger partial charge in [-0.15, -0.1) is 0 Å². The Balaban J connectivity index is 1.61. The van der Waals surface area contributed by atoms with Crippen LogP contribution in [0.2, 0.25) is 5.02 Å². The van der Waals surface area contributed by atoms with Crippen LogP contribution in [0, 0.1) is 11.6 Å². The second kappa shape index (κ2) is 7.75. The summed E-state index contributed by atoms with van der Waals surface area (Å²) in [5.74, 6) is -3.06. The van der Waals surface area contributed by atoms with Crippen molar-refractivity contribution in [1.82, 2.24) is 10.2 Å². The van der Waals surface area contributed by atoms with Crippen LogP contribution >= 0.6 is 11.6 Å². The fourth-order valence-electron chi connectivity index (χ4n) is 3.39. The molecule has 0 spiro atoms. The Labute approximate surface area is 174 Å². The van der Waals surface area contributed by atoms with Gasteiger partial charge in [-0.3, -0.25) is 9.69 Å². The summed E-state index contributed by atoms with van der Waals surface area (Å²) in [6.07, 6.45) is 0. The predicted octanol–water partition coefficient (Wildman–Crippen LogP) is 3.13. The Morgan fingerprint density at radius 3 is 2.60 bits per heavy atom. The number of carbonyl (C=O) groups excluding carboxylic acids is 3. The fourth-order valence-corrected chi connectivity index (χ4v) is 3.64. The number of nitrogens with one attached hydrogen (secondary N) is 2. The maximum absolute atomic E-state index is 13.3. The van der Waals surface area contributed by atoms with Crippen molar-refractivity contribution in [3.8, 4) is 0 Å². The summed E-state index contributed by atoms with van der Waals surface area (Å²) in [5, 5.41) is 5.34. The highest BCUT2D eigenvalue weighted by atomic mass is 35.5. The third kappa shape index (κ3) is 3.71. The molecule has 0 fully saturated rings. The predicted molar refractivity (Wildman–Crippen MR) is 102 cm³/mol. The largest absolute Gasteiger partial charge is 0.456 e. The topological polar surface area (TPSA) is 87.7 Å². The van der Waals surface area contributed by atoms with Crippen molar-refractivity contribution in [1.29, 1.82) is 0 Å². The number of urea groups is 1. The van der Waals surface area contributed by atoms with Crippen LogP contribution in [0.25, 0.3) is 0 Å². The summed E-state index contributed by atoms with van der Waals surface area (Å²) in [7, 11) is 0. The van der Waals surface area contributed by atoms with E-state index in [0.29, 0.717) is 16.7 Å². The van der Waals surface area contributed by atoms with E-state index < -0.39 is 42.1 Å². The van der Waals surface area contributed by atoms with Crippen LogP contribution in [0.5, 0.6) is 0 Å². The Bertz CT molecular complexity index is 1080. The maximum Gasteiger partial charge on any atom is 0.338 e. The number of hydrogen-bond donors (Lipinski definition) is 2. The minimum atomic E-state index is -0.858. The molecule has 0 bridgehead atoms. The van der Waals surface area contributed by atoms with Crippen LogP contribution in [-0.4, -0.2) is 36.0 Å². The maximum atomic E-state index is 13.3. The van der Waals surface area contributed by atoms with Crippen molar-refractivity contribution in [3.63, 3.8) is 0 Å². The van der Waals surface area contributed by atoms with Gasteiger partial charge in [-0.05, 0) is 23.8 Å². The number of ether oxygens (including phenoxy) is 1. The van der Waals surface area contributed by atoms with Gasteiger partial charge in [0, 0.05) is 16.8 Å². The van der Waals surface area contributed by atoms with Crippen LogP contribution in [0.1, 0.15) is 11.6 Å². The molecule has 0 radical (unpaired) electrons. The van der Waals surface area contributed by atoms with Crippen LogP contribution in [0.3, 0.4) is 0 Å². The second-order valence-corrected chi connectivity index (χ2v) is 7.04. The molecule has 4 rings (SSSR count). The normalized spacial score (nSPS) is 18.1. The van der Waals surface area contributed by atoms with Gasteiger partial charge in [0.2, 0.25) is 5.91 Å². The summed E-state index contributed by atoms with van der Waals surface area (Å²) < 4.78 is 31.7. The van der Waals surface area contributed by atoms with Gasteiger partial charge in [0.1, 0.15) is 24.8 Å². The molecular formula is C20H14ClF2N3O4. The minimum Gasteiger partial charge on any atom is -0.456 e. The highest BCUT2D eigenvalue weighted by Gasteiger charge is 2.43. The average Bonchev–Trinajstić information content (AvgIpc) is 3.05. The third-order valence-corrected chi connectivity index (χ3v) is 5.01. The zero-order valence-electron chi connectivity index (χ0n) is 15.2. The lowest BCUT2D eigenvalue weighted by molar-refractivity contribution is -0.136. The number of halogens is 3. The fraction of sp³-hybridized carbons (Fsp3) is 0.150. The lowest BCUT2D eigenvalue weighted by atomic mass is 9.95. The number of cyclic esters (lactones) is 1. The Kier molecular flexibility index (Phi) is 5.13. The van der Waals surface area contributed by atoms with Crippen LogP contribution in [0.4, 0.5) is 19.3 Å². The van der Waals surface area contributed by atoms with E-state index in [1.54, 1.807) is 24.3 Å². The molecule has 3 amide bonds. The highest BCUT2D eigenvalue weighted by Crippen LogP contribution is 2.37. The molecule has 10 heteroatoms. The first-order chi connectivity index (χ1) is 14.3. The average molecular weight is 434 g/mol. The summed E-state index contributed by atoms with van der Waals surface area (Å²) in [5.41, 5.74) is 0.816. The van der Waals surface area contributed by atoms with E-state index in [-0.39, 0.29) is 23.6 Å². The van der Waals surface area contributed by atoms with Gasteiger partial charge in [-0.2, -0.15) is 0 Å². The van der Waals surface area contributed by atoms with Gasteiger partial charge in [-0.25, -0.2) is 18.4 Å². The van der Waals surface area contributed by atoms with Gasteiger partial charge in [-0.1, -0.05) is 29.8 Å². The Morgan fingerprint density at radius 2 is 1.90 bits per heavy atom. The van der Waals surface area contributed by atoms with Gasteiger partial charge < -0.3 is 15.4 Å². The molecule has 30 heavy (non-hydrogen) atoms. The molecular weight excluding hydrogens is 420 g/mol. The third-order valence-electron chi connectivity index (χ3n) is 4.66. The van der Waals surface area contributed by atoms with Crippen molar-refractivity contribution in [2.75, 3.05) is 18.5 Å². The van der Waals surface area contributed by atoms with Crippen LogP contribution < -0.4 is 10.6 Å². The molecule has 1 atom stereocenters. The number of amides is 3. The highest BCUT2D eigenvalue weighted by molar-refractivity contribution is 6.31. The first-order valence-electron chi connectivity index (χ1n) is 8.82. The zero-order chi connectivity index (χ0) is 21.4. The summed E-state index contributed by atoms with van der Waals surface area (Å²) >= 11 is 6.21. The van der Waals surface area contributed by atoms with E-state index in [1.807, 2.05) is 0 Å². The van der Waals surface area contributed by atoms with E-state index in [9.17, 15) is 23.2 Å². The molecule has 0 saturated heterocycles.